The van der Waals surface area contributed by atoms with E-state index in [1.54, 1.807) is 0 Å². The zero-order chi connectivity index (χ0) is 6.83. The molecule has 0 radical (unpaired) electrons. The van der Waals surface area contributed by atoms with Gasteiger partial charge in [-0.05, 0) is 0 Å². The molecule has 0 fully saturated rings. The monoisotopic (exact) mass is 136 g/mol. The largest absolute Gasteiger partial charge is 0.0776 e. The SMILES string of the molecule is C.C.CCCC.[3H]CCC. The molecule has 62 valence electrons. The fourth-order valence-electron chi connectivity index (χ4n) is 0. The van der Waals surface area contributed by atoms with Gasteiger partial charge < -0.3 is 0 Å². The van der Waals surface area contributed by atoms with Gasteiger partial charge in [-0.2, -0.15) is 0 Å². The lowest BCUT2D eigenvalue weighted by Gasteiger charge is -1.68. The van der Waals surface area contributed by atoms with Crippen molar-refractivity contribution in [2.24, 2.45) is 0 Å². The number of hydrogen-bond donors (Lipinski definition) is 0. The first kappa shape index (κ1) is 16.0. The van der Waals surface area contributed by atoms with Crippen LogP contribution in [-0.4, -0.2) is 0 Å². The first-order valence-corrected chi connectivity index (χ1v) is 3.12. The minimum absolute atomic E-state index is 0. The second-order valence-corrected chi connectivity index (χ2v) is 1.50. The molecular formula is C9H26. The number of rotatable bonds is 1. The zero-order valence-corrected chi connectivity index (χ0v) is 5.83. The first-order valence-electron chi connectivity index (χ1n) is 3.83. The third-order valence-electron chi connectivity index (χ3n) is 0.500. The maximum atomic E-state index is 6.45. The summed E-state index contributed by atoms with van der Waals surface area (Å²) in [5.41, 5.74) is 0. The molecule has 0 aromatic heterocycles. The molecule has 0 unspecified atom stereocenters. The molecule has 0 amide bonds. The van der Waals surface area contributed by atoms with Crippen molar-refractivity contribution in [3.8, 4) is 0 Å². The summed E-state index contributed by atoms with van der Waals surface area (Å²) >= 11 is 0. The lowest BCUT2D eigenvalue weighted by atomic mass is 10.4. The Balaban J connectivity index is -0.0000000300. The maximum absolute atomic E-state index is 6.45. The third-order valence-corrected chi connectivity index (χ3v) is 0.500. The Bertz CT molecular complexity index is 12.7. The molecular weight excluding hydrogens is 108 g/mol. The van der Waals surface area contributed by atoms with Crippen LogP contribution in [0.1, 0.15) is 63.2 Å². The van der Waals surface area contributed by atoms with E-state index < -0.39 is 0 Å². The average Bonchev–Trinajstić information content (AvgIpc) is 1.88. The Hall–Kier alpha value is 0. The molecule has 0 nitrogen and oxygen atoms in total. The van der Waals surface area contributed by atoms with E-state index in [4.69, 9.17) is 1.37 Å². The first-order chi connectivity index (χ1) is 3.83. The van der Waals surface area contributed by atoms with E-state index in [0.717, 1.165) is 6.42 Å². The van der Waals surface area contributed by atoms with Gasteiger partial charge in [0.1, 0.15) is 0 Å². The van der Waals surface area contributed by atoms with Crippen molar-refractivity contribution >= 4 is 0 Å². The van der Waals surface area contributed by atoms with Crippen LogP contribution < -0.4 is 0 Å². The fraction of sp³-hybridized carbons (Fsp3) is 1.00. The highest BCUT2D eigenvalue weighted by Crippen LogP contribution is 1.76. The summed E-state index contributed by atoms with van der Waals surface area (Å²) in [6.07, 6.45) is 3.62. The highest BCUT2D eigenvalue weighted by Gasteiger charge is 1.56. The van der Waals surface area contributed by atoms with E-state index in [9.17, 15) is 0 Å². The van der Waals surface area contributed by atoms with Gasteiger partial charge in [0.05, 0.1) is 0 Å². The van der Waals surface area contributed by atoms with E-state index in [1.807, 2.05) is 6.92 Å². The third kappa shape index (κ3) is 288. The van der Waals surface area contributed by atoms with Crippen LogP contribution in [0.4, 0.5) is 0 Å². The van der Waals surface area contributed by atoms with Crippen LogP contribution in [0.25, 0.3) is 0 Å². The summed E-state index contributed by atoms with van der Waals surface area (Å²) in [5, 5.41) is 0. The second-order valence-electron chi connectivity index (χ2n) is 1.50. The smallest absolute Gasteiger partial charge is 0.0230 e. The fourth-order valence-corrected chi connectivity index (χ4v) is 0. The molecule has 0 spiro atoms. The van der Waals surface area contributed by atoms with Crippen LogP contribution in [0, 0.1) is 0 Å². The topological polar surface area (TPSA) is 0 Å². The van der Waals surface area contributed by atoms with E-state index in [-0.39, 0.29) is 14.9 Å². The van der Waals surface area contributed by atoms with Crippen LogP contribution >= 0.6 is 0 Å². The molecule has 0 N–H and O–H groups in total. The summed E-state index contributed by atoms with van der Waals surface area (Å²) < 4.78 is 6.45. The predicted molar refractivity (Wildman–Crippen MR) is 50.0 cm³/mol. The van der Waals surface area contributed by atoms with Crippen LogP contribution in [0.5, 0.6) is 0 Å². The van der Waals surface area contributed by atoms with Gasteiger partial charge in [-0.15, -0.1) is 0 Å². The van der Waals surface area contributed by atoms with Crippen LogP contribution in [0.15, 0.2) is 0 Å². The lowest BCUT2D eigenvalue weighted by molar-refractivity contribution is 0.886. The van der Waals surface area contributed by atoms with Crippen molar-refractivity contribution in [1.82, 2.24) is 0 Å². The Morgan fingerprint density at radius 3 is 1.22 bits per heavy atom. The molecule has 0 aromatic rings. The Labute approximate surface area is 64.1 Å². The van der Waals surface area contributed by atoms with Crippen molar-refractivity contribution < 1.29 is 1.37 Å². The van der Waals surface area contributed by atoms with Crippen LogP contribution in [-0.2, 0) is 0 Å². The molecule has 0 saturated carbocycles. The van der Waals surface area contributed by atoms with Gasteiger partial charge in [-0.1, -0.05) is 61.8 Å². The highest BCUT2D eigenvalue weighted by molar-refractivity contribution is 4.12. The highest BCUT2D eigenvalue weighted by atomic mass is 13.6. The van der Waals surface area contributed by atoms with Crippen molar-refractivity contribution in [3.63, 3.8) is 0 Å². The summed E-state index contributed by atoms with van der Waals surface area (Å²) in [6.45, 7) is 6.92. The molecule has 0 heterocycles. The van der Waals surface area contributed by atoms with Crippen molar-refractivity contribution in [2.75, 3.05) is 0 Å². The molecule has 0 rings (SSSR count). The van der Waals surface area contributed by atoms with Gasteiger partial charge in [0, 0.05) is 1.37 Å². The summed E-state index contributed by atoms with van der Waals surface area (Å²) in [5.74, 6) is 0. The normalized spacial score (nSPS) is 6.78. The van der Waals surface area contributed by atoms with Crippen molar-refractivity contribution in [3.05, 3.63) is 0 Å². The summed E-state index contributed by atoms with van der Waals surface area (Å²) in [7, 11) is 0. The Kier molecular flexibility index (Phi) is 77.4. The summed E-state index contributed by atoms with van der Waals surface area (Å²) in [4.78, 5) is 0. The van der Waals surface area contributed by atoms with Gasteiger partial charge in [0.15, 0.2) is 0 Å². The van der Waals surface area contributed by atoms with Crippen molar-refractivity contribution in [2.45, 2.75) is 61.8 Å². The van der Waals surface area contributed by atoms with E-state index in [1.165, 1.54) is 12.8 Å². The molecule has 0 aromatic carbocycles. The minimum atomic E-state index is 0. The van der Waals surface area contributed by atoms with E-state index in [0.29, 0.717) is 6.90 Å². The van der Waals surface area contributed by atoms with Gasteiger partial charge in [-0.25, -0.2) is 0 Å². The molecule has 0 bridgehead atoms. The molecule has 0 atom stereocenters. The Morgan fingerprint density at radius 1 is 1.00 bits per heavy atom. The molecule has 0 heteroatoms. The number of unbranched alkanes of at least 4 members (excludes halogenated alkanes) is 1. The van der Waals surface area contributed by atoms with Gasteiger partial charge in [0.25, 0.3) is 0 Å². The molecule has 0 aliphatic heterocycles. The van der Waals surface area contributed by atoms with Gasteiger partial charge in [0.2, 0.25) is 0 Å². The van der Waals surface area contributed by atoms with Crippen LogP contribution in [0.2, 0.25) is 0 Å². The molecule has 9 heavy (non-hydrogen) atoms. The lowest BCUT2D eigenvalue weighted by Crippen LogP contribution is -1.47. The minimum Gasteiger partial charge on any atom is -0.0776 e. The van der Waals surface area contributed by atoms with E-state index >= 15 is 0 Å². The predicted octanol–water partition coefficient (Wildman–Crippen LogP) is 4.49. The van der Waals surface area contributed by atoms with Gasteiger partial charge in [-0.3, -0.25) is 0 Å². The second kappa shape index (κ2) is 43.6. The Morgan fingerprint density at radius 2 is 1.22 bits per heavy atom. The summed E-state index contributed by atoms with van der Waals surface area (Å²) in [6, 6.07) is 0. The molecule has 0 saturated heterocycles. The number of hydrogen-bond acceptors (Lipinski definition) is 0. The van der Waals surface area contributed by atoms with Gasteiger partial charge >= 0.3 is 0 Å². The zero-order valence-electron chi connectivity index (χ0n) is 6.83. The van der Waals surface area contributed by atoms with Crippen LogP contribution in [0.3, 0.4) is 0 Å². The van der Waals surface area contributed by atoms with E-state index in [2.05, 4.69) is 13.8 Å². The standard InChI is InChI=1S/C4H10.C3H8.2CH4/c1-3-4-2;1-3-2;;/h3-4H2,1-2H3;3H2,1-2H3;2*1H4/i;1T;;. The average molecular weight is 136 g/mol. The van der Waals surface area contributed by atoms with Crippen molar-refractivity contribution in [1.29, 1.82) is 0 Å². The maximum Gasteiger partial charge on any atom is 0.0230 e. The quantitative estimate of drug-likeness (QED) is 0.498. The molecule has 0 aliphatic carbocycles. The molecule has 0 aliphatic rings.